The summed E-state index contributed by atoms with van der Waals surface area (Å²) < 4.78 is 5.55. The minimum Gasteiger partial charge on any atom is -0.491 e. The quantitative estimate of drug-likeness (QED) is 0.295. The molecule has 0 atom stereocenters. The average Bonchev–Trinajstić information content (AvgIpc) is 2.84. The van der Waals surface area contributed by atoms with Crippen LogP contribution in [0.2, 0.25) is 0 Å². The number of urea groups is 1. The number of anilines is 2. The van der Waals surface area contributed by atoms with Gasteiger partial charge in [0.1, 0.15) is 12.4 Å². The number of carbonyl (C=O) groups excluding carboxylic acids is 1. The molecular formula is C29H37N3O3. The van der Waals surface area contributed by atoms with Crippen LogP contribution in [-0.4, -0.2) is 31.4 Å². The largest absolute Gasteiger partial charge is 0.491 e. The van der Waals surface area contributed by atoms with Crippen molar-refractivity contribution in [2.75, 3.05) is 30.9 Å². The molecule has 0 aromatic heterocycles. The van der Waals surface area contributed by atoms with Crippen molar-refractivity contribution in [3.63, 3.8) is 0 Å². The summed E-state index contributed by atoms with van der Waals surface area (Å²) in [4.78, 5) is 12.2. The molecule has 0 spiro atoms. The van der Waals surface area contributed by atoms with Crippen molar-refractivity contribution < 1.29 is 14.6 Å². The number of hydrogen-bond acceptors (Lipinski definition) is 4. The molecule has 0 radical (unpaired) electrons. The number of allylic oxidation sites excluding steroid dienone is 2. The zero-order valence-corrected chi connectivity index (χ0v) is 21.3. The Bertz CT molecular complexity index is 1150. The summed E-state index contributed by atoms with van der Waals surface area (Å²) in [5.74, 6) is 0.669. The van der Waals surface area contributed by atoms with Gasteiger partial charge in [-0.25, -0.2) is 4.79 Å². The summed E-state index contributed by atoms with van der Waals surface area (Å²) in [5, 5.41) is 19.3. The standard InChI is InChI=1S/C21H26N2O3.C8H11N/c1-15(21(2,3)4)11-12-22-20(25)23-18-9-10-19(26-14-13-24)17-8-6-5-7-16(17)18;1-7-3-5-8(9-2)6-4-7/h5-12,24H,1,13-14H2,2-4H3,(H2,22,23,25);3-6,9H,1-2H3/b12-11+;. The van der Waals surface area contributed by atoms with E-state index in [1.807, 2.05) is 31.3 Å². The Morgan fingerprint density at radius 1 is 1.03 bits per heavy atom. The number of amides is 2. The molecule has 186 valence electrons. The Balaban J connectivity index is 0.000000402. The number of nitrogens with one attached hydrogen (secondary N) is 3. The molecule has 0 fully saturated rings. The van der Waals surface area contributed by atoms with E-state index in [4.69, 9.17) is 9.84 Å². The van der Waals surface area contributed by atoms with E-state index in [-0.39, 0.29) is 24.7 Å². The van der Waals surface area contributed by atoms with Crippen molar-refractivity contribution in [2.45, 2.75) is 27.7 Å². The Morgan fingerprint density at radius 2 is 1.69 bits per heavy atom. The van der Waals surface area contributed by atoms with Gasteiger partial charge in [0.05, 0.1) is 12.3 Å². The third kappa shape index (κ3) is 8.83. The number of aliphatic hydroxyl groups is 1. The predicted octanol–water partition coefficient (Wildman–Crippen LogP) is 6.49. The molecule has 0 aliphatic rings. The van der Waals surface area contributed by atoms with Crippen molar-refractivity contribution in [1.82, 2.24) is 5.32 Å². The lowest BCUT2D eigenvalue weighted by Crippen LogP contribution is -2.24. The van der Waals surface area contributed by atoms with E-state index in [2.05, 4.69) is 74.5 Å². The van der Waals surface area contributed by atoms with Gasteiger partial charge in [0.15, 0.2) is 0 Å². The molecule has 6 heteroatoms. The highest BCUT2D eigenvalue weighted by molar-refractivity contribution is 6.04. The first-order chi connectivity index (χ1) is 16.7. The monoisotopic (exact) mass is 475 g/mol. The van der Waals surface area contributed by atoms with Crippen LogP contribution in [0.15, 0.2) is 85.1 Å². The van der Waals surface area contributed by atoms with Crippen LogP contribution in [0.5, 0.6) is 5.75 Å². The highest BCUT2D eigenvalue weighted by atomic mass is 16.5. The smallest absolute Gasteiger partial charge is 0.323 e. The molecule has 0 bridgehead atoms. The van der Waals surface area contributed by atoms with Gasteiger partial charge in [-0.2, -0.15) is 0 Å². The van der Waals surface area contributed by atoms with Gasteiger partial charge in [0.2, 0.25) is 0 Å². The van der Waals surface area contributed by atoms with Crippen LogP contribution < -0.4 is 20.7 Å². The fourth-order valence-corrected chi connectivity index (χ4v) is 3.01. The SMILES string of the molecule is C=C(/C=C/NC(=O)Nc1ccc(OCCO)c2ccccc12)C(C)(C)C.CNc1ccc(C)cc1. The minimum absolute atomic E-state index is 0.0464. The topological polar surface area (TPSA) is 82.6 Å². The Hall–Kier alpha value is -3.77. The van der Waals surface area contributed by atoms with E-state index in [0.717, 1.165) is 16.3 Å². The number of benzene rings is 3. The summed E-state index contributed by atoms with van der Waals surface area (Å²) in [7, 11) is 1.92. The minimum atomic E-state index is -0.336. The molecule has 2 amide bonds. The van der Waals surface area contributed by atoms with Crippen LogP contribution >= 0.6 is 0 Å². The Morgan fingerprint density at radius 3 is 2.29 bits per heavy atom. The lowest BCUT2D eigenvalue weighted by Gasteiger charge is -2.18. The fraction of sp³-hybridized carbons (Fsp3) is 0.276. The normalized spacial score (nSPS) is 10.9. The van der Waals surface area contributed by atoms with Gasteiger partial charge in [-0.15, -0.1) is 0 Å². The van der Waals surface area contributed by atoms with Crippen molar-refractivity contribution >= 4 is 28.2 Å². The van der Waals surface area contributed by atoms with Gasteiger partial charge >= 0.3 is 6.03 Å². The molecule has 3 rings (SSSR count). The number of rotatable bonds is 7. The lowest BCUT2D eigenvalue weighted by atomic mass is 9.88. The molecular weight excluding hydrogens is 438 g/mol. The highest BCUT2D eigenvalue weighted by Gasteiger charge is 2.12. The first-order valence-corrected chi connectivity index (χ1v) is 11.6. The zero-order chi connectivity index (χ0) is 25.8. The molecule has 0 aliphatic carbocycles. The van der Waals surface area contributed by atoms with E-state index in [1.54, 1.807) is 24.4 Å². The number of fused-ring (bicyclic) bond motifs is 1. The third-order valence-electron chi connectivity index (χ3n) is 5.28. The molecule has 0 saturated heterocycles. The molecule has 4 N–H and O–H groups in total. The molecule has 0 unspecified atom stereocenters. The average molecular weight is 476 g/mol. The van der Waals surface area contributed by atoms with Crippen molar-refractivity contribution in [3.8, 4) is 5.75 Å². The maximum absolute atomic E-state index is 12.2. The van der Waals surface area contributed by atoms with Gasteiger partial charge in [0.25, 0.3) is 0 Å². The van der Waals surface area contributed by atoms with Gasteiger partial charge in [-0.1, -0.05) is 69.3 Å². The second-order valence-electron chi connectivity index (χ2n) is 9.05. The van der Waals surface area contributed by atoms with Crippen molar-refractivity contribution in [1.29, 1.82) is 0 Å². The number of hydrogen-bond donors (Lipinski definition) is 4. The summed E-state index contributed by atoms with van der Waals surface area (Å²) in [6.07, 6.45) is 3.38. The molecule has 6 nitrogen and oxygen atoms in total. The van der Waals surface area contributed by atoms with Gasteiger partial charge in [0, 0.05) is 29.7 Å². The molecule has 35 heavy (non-hydrogen) atoms. The molecule has 3 aromatic carbocycles. The van der Waals surface area contributed by atoms with Crippen LogP contribution in [0, 0.1) is 12.3 Å². The summed E-state index contributed by atoms with van der Waals surface area (Å²) >= 11 is 0. The highest BCUT2D eigenvalue weighted by Crippen LogP contribution is 2.31. The fourth-order valence-electron chi connectivity index (χ4n) is 3.01. The van der Waals surface area contributed by atoms with E-state index in [1.165, 1.54) is 11.3 Å². The van der Waals surface area contributed by atoms with Gasteiger partial charge < -0.3 is 25.8 Å². The Kier molecular flexibility index (Phi) is 10.4. The summed E-state index contributed by atoms with van der Waals surface area (Å²) in [6.45, 7) is 12.4. The zero-order valence-electron chi connectivity index (χ0n) is 21.3. The van der Waals surface area contributed by atoms with Crippen molar-refractivity contribution in [2.24, 2.45) is 5.41 Å². The second kappa shape index (κ2) is 13.2. The molecule has 0 aliphatic heterocycles. The van der Waals surface area contributed by atoms with Crippen LogP contribution in [0.4, 0.5) is 16.2 Å². The maximum atomic E-state index is 12.2. The number of aryl methyl sites for hydroxylation is 1. The molecule has 3 aromatic rings. The summed E-state index contributed by atoms with van der Waals surface area (Å²) in [6, 6.07) is 19.2. The summed E-state index contributed by atoms with van der Waals surface area (Å²) in [5.41, 5.74) is 4.02. The van der Waals surface area contributed by atoms with E-state index < -0.39 is 0 Å². The van der Waals surface area contributed by atoms with Crippen molar-refractivity contribution in [3.05, 3.63) is 90.7 Å². The van der Waals surface area contributed by atoms with E-state index in [9.17, 15) is 4.79 Å². The van der Waals surface area contributed by atoms with Gasteiger partial charge in [-0.3, -0.25) is 0 Å². The van der Waals surface area contributed by atoms with Gasteiger partial charge in [-0.05, 0) is 48.3 Å². The van der Waals surface area contributed by atoms with E-state index >= 15 is 0 Å². The van der Waals surface area contributed by atoms with Crippen LogP contribution in [0.3, 0.4) is 0 Å². The maximum Gasteiger partial charge on any atom is 0.323 e. The predicted molar refractivity (Wildman–Crippen MR) is 147 cm³/mol. The third-order valence-corrected chi connectivity index (χ3v) is 5.28. The molecule has 0 saturated carbocycles. The first-order valence-electron chi connectivity index (χ1n) is 11.6. The van der Waals surface area contributed by atoms with E-state index in [0.29, 0.717) is 11.4 Å². The van der Waals surface area contributed by atoms with Crippen LogP contribution in [0.25, 0.3) is 10.8 Å². The first kappa shape index (κ1) is 27.5. The second-order valence-corrected chi connectivity index (χ2v) is 9.05. The number of ether oxygens (including phenoxy) is 1. The number of aliphatic hydroxyl groups excluding tert-OH is 1. The van der Waals surface area contributed by atoms with Crippen LogP contribution in [-0.2, 0) is 0 Å². The lowest BCUT2D eigenvalue weighted by molar-refractivity contribution is 0.203. The number of carbonyl (C=O) groups is 1. The van der Waals surface area contributed by atoms with Crippen LogP contribution in [0.1, 0.15) is 26.3 Å². The molecule has 0 heterocycles. The Labute approximate surface area is 208 Å².